The highest BCUT2D eigenvalue weighted by molar-refractivity contribution is 9.10. The monoisotopic (exact) mass is 461 g/mol. The number of carbonyl (C=O) groups excluding carboxylic acids is 1. The van der Waals surface area contributed by atoms with Crippen LogP contribution in [0.4, 0.5) is 31.5 Å². The minimum absolute atomic E-state index is 0.154. The first-order valence-electron chi connectivity index (χ1n) is 8.32. The fourth-order valence-corrected chi connectivity index (χ4v) is 3.08. The second-order valence-electron chi connectivity index (χ2n) is 6.15. The summed E-state index contributed by atoms with van der Waals surface area (Å²) in [7, 11) is 0. The van der Waals surface area contributed by atoms with Crippen LogP contribution in [0.2, 0.25) is 0 Å². The van der Waals surface area contributed by atoms with Crippen molar-refractivity contribution in [2.45, 2.75) is 6.92 Å². The Morgan fingerprint density at radius 2 is 1.69 bits per heavy atom. The molecule has 0 aliphatic carbocycles. The predicted octanol–water partition coefficient (Wildman–Crippen LogP) is 6.00. The molecular weight excluding hydrogens is 448 g/mol. The lowest BCUT2D eigenvalue weighted by molar-refractivity contribution is -0.384. The molecule has 1 amide bonds. The number of amides is 1. The Balaban J connectivity index is 2.08. The minimum atomic E-state index is -1.01. The largest absolute Gasteiger partial charge is 0.350 e. The van der Waals surface area contributed by atoms with Gasteiger partial charge in [0, 0.05) is 28.8 Å². The summed E-state index contributed by atoms with van der Waals surface area (Å²) in [4.78, 5) is 22.3. The van der Waals surface area contributed by atoms with Crippen LogP contribution in [-0.4, -0.2) is 10.8 Å². The van der Waals surface area contributed by atoms with Crippen molar-refractivity contribution >= 4 is 44.6 Å². The number of nitro benzene ring substituents is 1. The number of halogens is 3. The van der Waals surface area contributed by atoms with Crippen LogP contribution in [-0.2, 0) is 4.79 Å². The summed E-state index contributed by atoms with van der Waals surface area (Å²) in [5, 5.41) is 16.9. The molecule has 0 heterocycles. The first kappa shape index (κ1) is 20.4. The van der Waals surface area contributed by atoms with Crippen molar-refractivity contribution in [1.82, 2.24) is 0 Å². The molecule has 0 unspecified atom stereocenters. The normalized spacial score (nSPS) is 10.5. The van der Waals surface area contributed by atoms with E-state index in [1.54, 1.807) is 24.3 Å². The Hall–Kier alpha value is -3.33. The van der Waals surface area contributed by atoms with E-state index in [0.29, 0.717) is 27.0 Å². The van der Waals surface area contributed by atoms with E-state index in [2.05, 4.69) is 26.6 Å². The summed E-state index contributed by atoms with van der Waals surface area (Å²) in [6.45, 7) is 1.33. The van der Waals surface area contributed by atoms with Crippen LogP contribution in [0.5, 0.6) is 0 Å². The topological polar surface area (TPSA) is 84.3 Å². The SMILES string of the molecule is CC(=O)Nc1cc(Nc2ccc(Br)cc2[N+](=O)[O-])cc(-c2ccc(F)c(F)c2)c1. The average molecular weight is 462 g/mol. The average Bonchev–Trinajstić information content (AvgIpc) is 2.64. The molecule has 9 heteroatoms. The van der Waals surface area contributed by atoms with Gasteiger partial charge in [-0.3, -0.25) is 14.9 Å². The summed E-state index contributed by atoms with van der Waals surface area (Å²) in [5.74, 6) is -2.31. The molecule has 0 aliphatic heterocycles. The van der Waals surface area contributed by atoms with Gasteiger partial charge >= 0.3 is 0 Å². The number of anilines is 3. The first-order valence-corrected chi connectivity index (χ1v) is 9.11. The van der Waals surface area contributed by atoms with Crippen LogP contribution in [0.1, 0.15) is 6.92 Å². The highest BCUT2D eigenvalue weighted by Crippen LogP contribution is 2.34. The summed E-state index contributed by atoms with van der Waals surface area (Å²) >= 11 is 3.20. The van der Waals surface area contributed by atoms with Gasteiger partial charge in [0.05, 0.1) is 4.92 Å². The zero-order valence-corrected chi connectivity index (χ0v) is 16.6. The van der Waals surface area contributed by atoms with E-state index in [-0.39, 0.29) is 17.3 Å². The van der Waals surface area contributed by atoms with E-state index >= 15 is 0 Å². The number of hydrogen-bond acceptors (Lipinski definition) is 4. The number of nitrogens with zero attached hydrogens (tertiary/aromatic N) is 1. The Labute approximate surface area is 172 Å². The molecule has 6 nitrogen and oxygen atoms in total. The molecule has 0 saturated heterocycles. The quantitative estimate of drug-likeness (QED) is 0.360. The second kappa shape index (κ2) is 8.36. The molecule has 3 rings (SSSR count). The van der Waals surface area contributed by atoms with Gasteiger partial charge in [-0.05, 0) is 53.6 Å². The zero-order valence-electron chi connectivity index (χ0n) is 15.0. The highest BCUT2D eigenvalue weighted by atomic mass is 79.9. The third kappa shape index (κ3) is 4.94. The lowest BCUT2D eigenvalue weighted by Gasteiger charge is -2.13. The van der Waals surface area contributed by atoms with Gasteiger partial charge in [0.2, 0.25) is 5.91 Å². The molecule has 0 aromatic heterocycles. The minimum Gasteiger partial charge on any atom is -0.350 e. The molecule has 0 radical (unpaired) electrons. The van der Waals surface area contributed by atoms with Gasteiger partial charge in [-0.1, -0.05) is 22.0 Å². The van der Waals surface area contributed by atoms with Crippen LogP contribution in [0.15, 0.2) is 59.1 Å². The molecular formula is C20H14BrF2N3O3. The van der Waals surface area contributed by atoms with Crippen molar-refractivity contribution in [2.75, 3.05) is 10.6 Å². The van der Waals surface area contributed by atoms with Crippen molar-refractivity contribution in [2.24, 2.45) is 0 Å². The van der Waals surface area contributed by atoms with Gasteiger partial charge < -0.3 is 10.6 Å². The Bertz CT molecular complexity index is 1120. The maximum atomic E-state index is 13.7. The molecule has 148 valence electrons. The van der Waals surface area contributed by atoms with E-state index in [0.717, 1.165) is 12.1 Å². The van der Waals surface area contributed by atoms with Crippen LogP contribution < -0.4 is 10.6 Å². The predicted molar refractivity (Wildman–Crippen MR) is 110 cm³/mol. The van der Waals surface area contributed by atoms with Crippen molar-refractivity contribution < 1.29 is 18.5 Å². The molecule has 0 saturated carbocycles. The number of carbonyl (C=O) groups is 1. The van der Waals surface area contributed by atoms with E-state index in [1.807, 2.05) is 0 Å². The molecule has 0 bridgehead atoms. The van der Waals surface area contributed by atoms with Crippen molar-refractivity contribution in [3.8, 4) is 11.1 Å². The van der Waals surface area contributed by atoms with Gasteiger partial charge in [0.1, 0.15) is 5.69 Å². The van der Waals surface area contributed by atoms with Crippen LogP contribution in [0.3, 0.4) is 0 Å². The van der Waals surface area contributed by atoms with E-state index in [4.69, 9.17) is 0 Å². The number of benzene rings is 3. The number of rotatable bonds is 5. The summed E-state index contributed by atoms with van der Waals surface area (Å²) < 4.78 is 27.5. The molecule has 2 N–H and O–H groups in total. The van der Waals surface area contributed by atoms with E-state index < -0.39 is 16.6 Å². The first-order chi connectivity index (χ1) is 13.7. The molecule has 0 fully saturated rings. The number of hydrogen-bond donors (Lipinski definition) is 2. The molecule has 29 heavy (non-hydrogen) atoms. The lowest BCUT2D eigenvalue weighted by Crippen LogP contribution is -2.06. The van der Waals surface area contributed by atoms with Crippen molar-refractivity contribution in [1.29, 1.82) is 0 Å². The van der Waals surface area contributed by atoms with Gasteiger partial charge in [-0.15, -0.1) is 0 Å². The van der Waals surface area contributed by atoms with Gasteiger partial charge in [-0.2, -0.15) is 0 Å². The standard InChI is InChI=1S/C20H14BrF2N3O3/c1-11(27)24-15-6-13(12-2-4-17(22)18(23)8-12)7-16(10-15)25-19-5-3-14(21)9-20(19)26(28)29/h2-10,25H,1H3,(H,24,27). The molecule has 0 spiro atoms. The third-order valence-corrected chi connectivity index (χ3v) is 4.44. The number of nitro groups is 1. The smallest absolute Gasteiger partial charge is 0.293 e. The molecule has 0 atom stereocenters. The fraction of sp³-hybridized carbons (Fsp3) is 0.0500. The molecule has 3 aromatic carbocycles. The molecule has 3 aromatic rings. The van der Waals surface area contributed by atoms with Gasteiger partial charge in [0.25, 0.3) is 5.69 Å². The molecule has 0 aliphatic rings. The van der Waals surface area contributed by atoms with E-state index in [1.165, 1.54) is 25.1 Å². The maximum Gasteiger partial charge on any atom is 0.293 e. The lowest BCUT2D eigenvalue weighted by atomic mass is 10.0. The maximum absolute atomic E-state index is 13.7. The highest BCUT2D eigenvalue weighted by Gasteiger charge is 2.15. The van der Waals surface area contributed by atoms with Crippen LogP contribution in [0.25, 0.3) is 11.1 Å². The fourth-order valence-electron chi connectivity index (χ4n) is 2.73. The third-order valence-electron chi connectivity index (χ3n) is 3.94. The van der Waals surface area contributed by atoms with Crippen LogP contribution >= 0.6 is 15.9 Å². The zero-order chi connectivity index (χ0) is 21.1. The Kier molecular flexibility index (Phi) is 5.88. The summed E-state index contributed by atoms with van der Waals surface area (Å²) in [5.41, 5.74) is 1.75. The number of nitrogens with one attached hydrogen (secondary N) is 2. The van der Waals surface area contributed by atoms with E-state index in [9.17, 15) is 23.7 Å². The van der Waals surface area contributed by atoms with Gasteiger partial charge in [0.15, 0.2) is 11.6 Å². The van der Waals surface area contributed by atoms with Gasteiger partial charge in [-0.25, -0.2) is 8.78 Å². The Morgan fingerprint density at radius 3 is 2.34 bits per heavy atom. The second-order valence-corrected chi connectivity index (χ2v) is 7.07. The summed E-state index contributed by atoms with van der Waals surface area (Å²) in [6.07, 6.45) is 0. The summed E-state index contributed by atoms with van der Waals surface area (Å²) in [6, 6.07) is 12.8. The van der Waals surface area contributed by atoms with Crippen molar-refractivity contribution in [3.05, 3.63) is 80.8 Å². The van der Waals surface area contributed by atoms with Crippen LogP contribution in [0, 0.1) is 21.7 Å². The van der Waals surface area contributed by atoms with Crippen molar-refractivity contribution in [3.63, 3.8) is 0 Å². The Morgan fingerprint density at radius 1 is 0.966 bits per heavy atom.